The fourth-order valence-corrected chi connectivity index (χ4v) is 3.13. The van der Waals surface area contributed by atoms with E-state index < -0.39 is 35.0 Å². The molecule has 0 spiro atoms. The zero-order valence-electron chi connectivity index (χ0n) is 20.5. The minimum absolute atomic E-state index is 0.0000786. The molecule has 10 heteroatoms. The lowest BCUT2D eigenvalue weighted by molar-refractivity contribution is -0.138. The lowest BCUT2D eigenvalue weighted by Crippen LogP contribution is -2.11. The maximum Gasteiger partial charge on any atom is 0.416 e. The number of benzene rings is 2. The third kappa shape index (κ3) is 8.43. The number of alkyl halides is 6. The van der Waals surface area contributed by atoms with E-state index in [0.717, 1.165) is 24.3 Å². The van der Waals surface area contributed by atoms with E-state index >= 15 is 0 Å². The second-order valence-corrected chi connectivity index (χ2v) is 7.80. The first-order valence-corrected chi connectivity index (χ1v) is 11.1. The number of allylic oxidation sites excluding steroid dienone is 6. The Morgan fingerprint density at radius 3 is 2.13 bits per heavy atom. The molecule has 0 radical (unpaired) electrons. The molecular formula is C28H25F6NO3. The van der Waals surface area contributed by atoms with Crippen LogP contribution in [0.2, 0.25) is 0 Å². The highest BCUT2D eigenvalue weighted by Gasteiger charge is 2.33. The topological polar surface area (TPSA) is 58.6 Å². The van der Waals surface area contributed by atoms with Crippen LogP contribution in [-0.4, -0.2) is 17.7 Å². The molecule has 2 N–H and O–H groups in total. The van der Waals surface area contributed by atoms with E-state index in [2.05, 4.69) is 11.9 Å². The van der Waals surface area contributed by atoms with Gasteiger partial charge in [-0.2, -0.15) is 26.3 Å². The van der Waals surface area contributed by atoms with Gasteiger partial charge in [0.05, 0.1) is 16.7 Å². The third-order valence-corrected chi connectivity index (χ3v) is 5.00. The number of hydrogen-bond acceptors (Lipinski definition) is 3. The second kappa shape index (κ2) is 12.8. The van der Waals surface area contributed by atoms with Crippen molar-refractivity contribution in [1.82, 2.24) is 0 Å². The van der Waals surface area contributed by atoms with E-state index in [0.29, 0.717) is 17.7 Å². The van der Waals surface area contributed by atoms with Crippen molar-refractivity contribution in [2.75, 3.05) is 11.9 Å². The van der Waals surface area contributed by atoms with Gasteiger partial charge in [-0.15, -0.1) is 0 Å². The van der Waals surface area contributed by atoms with Crippen LogP contribution in [0.25, 0.3) is 5.70 Å². The standard InChI is InChI=1S/C28H25F6NO3/c1-4-7-9-18(6-3)17-38-25-12-11-20(27(29,30)31)16-23(25)24(10-8-5-2)35-22-14-19(26(36)37)13-21(15-22)28(32,33)34/h4-16,35H,3,17H2,1-2H3,(H,36,37)/b7-4-,8-5+,18-9+,24-10-. The summed E-state index contributed by atoms with van der Waals surface area (Å²) in [5.74, 6) is -1.61. The van der Waals surface area contributed by atoms with E-state index in [1.165, 1.54) is 18.2 Å². The summed E-state index contributed by atoms with van der Waals surface area (Å²) in [5.41, 5.74) is -2.76. The maximum atomic E-state index is 13.6. The Labute approximate surface area is 215 Å². The lowest BCUT2D eigenvalue weighted by Gasteiger charge is -2.19. The number of carboxylic acids is 1. The van der Waals surface area contributed by atoms with Crippen molar-refractivity contribution in [3.8, 4) is 5.75 Å². The van der Waals surface area contributed by atoms with Crippen LogP contribution in [0, 0.1) is 0 Å². The summed E-state index contributed by atoms with van der Waals surface area (Å²) in [7, 11) is 0. The summed E-state index contributed by atoms with van der Waals surface area (Å²) < 4.78 is 86.7. The number of hydrogen-bond donors (Lipinski definition) is 2. The highest BCUT2D eigenvalue weighted by atomic mass is 19.4. The molecule has 0 aromatic heterocycles. The fourth-order valence-electron chi connectivity index (χ4n) is 3.13. The number of aromatic carboxylic acids is 1. The minimum Gasteiger partial charge on any atom is -0.488 e. The number of anilines is 1. The molecule has 0 saturated carbocycles. The van der Waals surface area contributed by atoms with Crippen molar-refractivity contribution in [2.24, 2.45) is 0 Å². The summed E-state index contributed by atoms with van der Waals surface area (Å²) in [6.45, 7) is 7.04. The molecule has 0 aliphatic carbocycles. The maximum absolute atomic E-state index is 13.6. The molecule has 202 valence electrons. The summed E-state index contributed by atoms with van der Waals surface area (Å²) in [6.07, 6.45) is 1.46. The van der Waals surface area contributed by atoms with Crippen LogP contribution in [0.5, 0.6) is 5.75 Å². The molecule has 2 aromatic carbocycles. The van der Waals surface area contributed by atoms with E-state index in [1.54, 1.807) is 38.2 Å². The van der Waals surface area contributed by atoms with Crippen molar-refractivity contribution in [3.63, 3.8) is 0 Å². The number of carbonyl (C=O) groups is 1. The molecule has 2 aromatic rings. The van der Waals surface area contributed by atoms with E-state index in [4.69, 9.17) is 4.74 Å². The molecule has 0 atom stereocenters. The highest BCUT2D eigenvalue weighted by Crippen LogP contribution is 2.37. The van der Waals surface area contributed by atoms with E-state index in [1.807, 2.05) is 0 Å². The SMILES string of the molecule is C=C/C(=C\C=C/C)COc1ccc(C(F)(F)F)cc1/C(=C/C=C/C)Nc1cc(C(=O)O)cc(C(F)(F)F)c1. The predicted octanol–water partition coefficient (Wildman–Crippen LogP) is 8.52. The molecule has 0 amide bonds. The molecule has 0 aliphatic heterocycles. The average Bonchev–Trinajstić information content (AvgIpc) is 2.85. The molecule has 0 aliphatic rings. The van der Waals surface area contributed by atoms with Crippen LogP contribution in [0.3, 0.4) is 0 Å². The van der Waals surface area contributed by atoms with Gasteiger partial charge < -0.3 is 15.2 Å². The molecule has 2 rings (SSSR count). The average molecular weight is 538 g/mol. The Hall–Kier alpha value is -4.21. The molecular weight excluding hydrogens is 512 g/mol. The van der Waals surface area contributed by atoms with Crippen LogP contribution in [-0.2, 0) is 12.4 Å². The Kier molecular flexibility index (Phi) is 10.1. The monoisotopic (exact) mass is 537 g/mol. The Morgan fingerprint density at radius 1 is 0.947 bits per heavy atom. The van der Waals surface area contributed by atoms with Gasteiger partial charge in [0, 0.05) is 16.9 Å². The fraction of sp³-hybridized carbons (Fsp3) is 0.179. The van der Waals surface area contributed by atoms with Gasteiger partial charge >= 0.3 is 18.3 Å². The van der Waals surface area contributed by atoms with Crippen LogP contribution < -0.4 is 10.1 Å². The molecule has 0 bridgehead atoms. The van der Waals surface area contributed by atoms with Gasteiger partial charge in [0.25, 0.3) is 0 Å². The first kappa shape index (κ1) is 30.0. The molecule has 0 heterocycles. The second-order valence-electron chi connectivity index (χ2n) is 7.80. The molecule has 38 heavy (non-hydrogen) atoms. The van der Waals surface area contributed by atoms with E-state index in [-0.39, 0.29) is 29.3 Å². The molecule has 0 unspecified atom stereocenters. The molecule has 0 saturated heterocycles. The first-order valence-electron chi connectivity index (χ1n) is 11.1. The number of carboxylic acid groups (broad SMARTS) is 1. The normalized spacial score (nSPS) is 13.3. The summed E-state index contributed by atoms with van der Waals surface area (Å²) in [6, 6.07) is 4.81. The van der Waals surface area contributed by atoms with Crippen molar-refractivity contribution < 1.29 is 41.0 Å². The van der Waals surface area contributed by atoms with Gasteiger partial charge in [0.1, 0.15) is 12.4 Å². The number of rotatable bonds is 10. The van der Waals surface area contributed by atoms with Crippen molar-refractivity contribution in [2.45, 2.75) is 26.2 Å². The largest absolute Gasteiger partial charge is 0.488 e. The molecule has 4 nitrogen and oxygen atoms in total. The predicted molar refractivity (Wildman–Crippen MR) is 135 cm³/mol. The van der Waals surface area contributed by atoms with Gasteiger partial charge in [-0.05, 0) is 61.9 Å². The van der Waals surface area contributed by atoms with Gasteiger partial charge in [-0.1, -0.05) is 43.0 Å². The number of nitrogens with one attached hydrogen (secondary N) is 1. The van der Waals surface area contributed by atoms with Crippen molar-refractivity contribution in [1.29, 1.82) is 0 Å². The smallest absolute Gasteiger partial charge is 0.416 e. The van der Waals surface area contributed by atoms with Gasteiger partial charge in [0.2, 0.25) is 0 Å². The summed E-state index contributed by atoms with van der Waals surface area (Å²) in [5, 5.41) is 11.9. The zero-order chi connectivity index (χ0) is 28.5. The summed E-state index contributed by atoms with van der Waals surface area (Å²) >= 11 is 0. The third-order valence-electron chi connectivity index (χ3n) is 5.00. The van der Waals surface area contributed by atoms with Gasteiger partial charge in [-0.3, -0.25) is 0 Å². The zero-order valence-corrected chi connectivity index (χ0v) is 20.5. The van der Waals surface area contributed by atoms with E-state index in [9.17, 15) is 36.2 Å². The quantitative estimate of drug-likeness (QED) is 0.236. The summed E-state index contributed by atoms with van der Waals surface area (Å²) in [4.78, 5) is 11.4. The van der Waals surface area contributed by atoms with Crippen LogP contribution >= 0.6 is 0 Å². The van der Waals surface area contributed by atoms with Crippen LogP contribution in [0.15, 0.2) is 91.1 Å². The van der Waals surface area contributed by atoms with Crippen molar-refractivity contribution >= 4 is 17.4 Å². The lowest BCUT2D eigenvalue weighted by atomic mass is 10.0. The number of halogens is 6. The minimum atomic E-state index is -4.86. The Balaban J connectivity index is 2.68. The molecule has 0 fully saturated rings. The van der Waals surface area contributed by atoms with Gasteiger partial charge in [0.15, 0.2) is 0 Å². The van der Waals surface area contributed by atoms with Crippen LogP contribution in [0.1, 0.15) is 40.9 Å². The Bertz CT molecular complexity index is 1280. The Morgan fingerprint density at radius 2 is 1.58 bits per heavy atom. The first-order chi connectivity index (χ1) is 17.8. The van der Waals surface area contributed by atoms with Gasteiger partial charge in [-0.25, -0.2) is 4.79 Å². The highest BCUT2D eigenvalue weighted by molar-refractivity contribution is 5.90. The van der Waals surface area contributed by atoms with Crippen molar-refractivity contribution in [3.05, 3.63) is 113 Å². The van der Waals surface area contributed by atoms with Crippen LogP contribution in [0.4, 0.5) is 32.0 Å². The number of ether oxygens (including phenoxy) is 1.